The molecule has 1 aromatic rings. The van der Waals surface area contributed by atoms with E-state index < -0.39 is 5.82 Å². The van der Waals surface area contributed by atoms with Gasteiger partial charge in [-0.1, -0.05) is 17.7 Å². The summed E-state index contributed by atoms with van der Waals surface area (Å²) in [7, 11) is 0. The number of hydrogen-bond donors (Lipinski definition) is 1. The van der Waals surface area contributed by atoms with Gasteiger partial charge in [0.05, 0.1) is 5.02 Å². The third-order valence-corrected chi connectivity index (χ3v) is 2.81. The van der Waals surface area contributed by atoms with Gasteiger partial charge in [-0.3, -0.25) is 4.79 Å². The number of Topliss-reactive ketones (excluding diaryl/α,β-unsaturated/α-hetero) is 1. The molecular weight excluding hydrogens is 231 g/mol. The molecule has 0 aromatic heterocycles. The van der Waals surface area contributed by atoms with Gasteiger partial charge in [-0.2, -0.15) is 0 Å². The molecule has 1 N–H and O–H groups in total. The molecule has 0 radical (unpaired) electrons. The zero-order valence-corrected chi connectivity index (χ0v) is 9.80. The third-order valence-electron chi connectivity index (χ3n) is 2.52. The fraction of sp³-hybridized carbons (Fsp3) is 0.417. The molecule has 16 heavy (non-hydrogen) atoms. The van der Waals surface area contributed by atoms with Crippen molar-refractivity contribution in [2.24, 2.45) is 5.92 Å². The maximum absolute atomic E-state index is 12.9. The highest BCUT2D eigenvalue weighted by Crippen LogP contribution is 2.19. The Morgan fingerprint density at radius 2 is 2.25 bits per heavy atom. The fourth-order valence-corrected chi connectivity index (χ4v) is 1.76. The summed E-state index contributed by atoms with van der Waals surface area (Å²) in [6, 6.07) is 4.41. The number of aliphatic hydroxyl groups is 1. The number of hydrogen-bond acceptors (Lipinski definition) is 2. The highest BCUT2D eigenvalue weighted by atomic mass is 35.5. The molecule has 88 valence electrons. The number of halogens is 2. The minimum absolute atomic E-state index is 0.0227. The van der Waals surface area contributed by atoms with Crippen molar-refractivity contribution in [3.05, 3.63) is 34.6 Å². The van der Waals surface area contributed by atoms with Crippen LogP contribution in [0.15, 0.2) is 18.2 Å². The lowest BCUT2D eigenvalue weighted by molar-refractivity contribution is -0.121. The Kier molecular flexibility index (Phi) is 4.90. The van der Waals surface area contributed by atoms with E-state index in [0.29, 0.717) is 12.8 Å². The van der Waals surface area contributed by atoms with E-state index >= 15 is 0 Å². The van der Waals surface area contributed by atoms with Crippen LogP contribution in [0, 0.1) is 11.7 Å². The first-order valence-corrected chi connectivity index (χ1v) is 5.47. The van der Waals surface area contributed by atoms with E-state index in [4.69, 9.17) is 16.7 Å². The topological polar surface area (TPSA) is 37.3 Å². The Bertz CT molecular complexity index is 379. The van der Waals surface area contributed by atoms with E-state index in [1.807, 2.05) is 0 Å². The fourth-order valence-electron chi connectivity index (χ4n) is 1.56. The van der Waals surface area contributed by atoms with E-state index in [-0.39, 0.29) is 23.3 Å². The largest absolute Gasteiger partial charge is 0.396 e. The number of aliphatic hydroxyl groups excluding tert-OH is 1. The summed E-state index contributed by atoms with van der Waals surface area (Å²) >= 11 is 5.64. The van der Waals surface area contributed by atoms with E-state index in [2.05, 4.69) is 0 Å². The lowest BCUT2D eigenvalue weighted by atomic mass is 9.93. The monoisotopic (exact) mass is 244 g/mol. The quantitative estimate of drug-likeness (QED) is 0.865. The third kappa shape index (κ3) is 3.58. The lowest BCUT2D eigenvalue weighted by Gasteiger charge is -2.12. The molecule has 0 saturated heterocycles. The maximum atomic E-state index is 12.9. The normalized spacial score (nSPS) is 12.5. The van der Waals surface area contributed by atoms with Gasteiger partial charge in [0.1, 0.15) is 11.6 Å². The number of carbonyl (C=O) groups is 1. The minimum atomic E-state index is -0.466. The van der Waals surface area contributed by atoms with Gasteiger partial charge >= 0.3 is 0 Å². The van der Waals surface area contributed by atoms with Gasteiger partial charge in [-0.25, -0.2) is 4.39 Å². The van der Waals surface area contributed by atoms with Crippen molar-refractivity contribution in [2.45, 2.75) is 19.8 Å². The van der Waals surface area contributed by atoms with Crippen molar-refractivity contribution in [3.63, 3.8) is 0 Å². The smallest absolute Gasteiger partial charge is 0.141 e. The molecule has 0 aliphatic carbocycles. The summed E-state index contributed by atoms with van der Waals surface area (Å²) in [5, 5.41) is 8.88. The number of rotatable bonds is 5. The van der Waals surface area contributed by atoms with Gasteiger partial charge in [0.2, 0.25) is 0 Å². The Labute approximate surface area is 99.0 Å². The van der Waals surface area contributed by atoms with Crippen LogP contribution in [0.2, 0.25) is 5.02 Å². The number of benzene rings is 1. The second-order valence-electron chi connectivity index (χ2n) is 3.77. The van der Waals surface area contributed by atoms with Crippen LogP contribution in [-0.2, 0) is 11.2 Å². The molecule has 2 nitrogen and oxygen atoms in total. The summed E-state index contributed by atoms with van der Waals surface area (Å²) in [6.45, 7) is 1.46. The first-order valence-electron chi connectivity index (χ1n) is 5.10. The van der Waals surface area contributed by atoms with Crippen molar-refractivity contribution in [3.8, 4) is 0 Å². The molecule has 4 heteroatoms. The Balaban J connectivity index is 2.77. The highest BCUT2D eigenvalue weighted by molar-refractivity contribution is 6.30. The summed E-state index contributed by atoms with van der Waals surface area (Å²) in [5.74, 6) is -0.673. The van der Waals surface area contributed by atoms with Crippen LogP contribution in [0.3, 0.4) is 0 Å². The SMILES string of the molecule is CC(=O)C(CCO)Cc1ccc(F)c(Cl)c1. The molecule has 0 fully saturated rings. The van der Waals surface area contributed by atoms with Crippen molar-refractivity contribution in [2.75, 3.05) is 6.61 Å². The predicted octanol–water partition coefficient (Wildman–Crippen LogP) is 2.61. The molecule has 1 atom stereocenters. The molecule has 0 spiro atoms. The molecular formula is C12H14ClFO2. The first-order chi connectivity index (χ1) is 7.54. The summed E-state index contributed by atoms with van der Waals surface area (Å²) in [6.07, 6.45) is 0.903. The van der Waals surface area contributed by atoms with E-state index in [0.717, 1.165) is 5.56 Å². The molecule has 0 heterocycles. The molecule has 0 saturated carbocycles. The molecule has 0 bridgehead atoms. The lowest BCUT2D eigenvalue weighted by Crippen LogP contribution is -2.15. The highest BCUT2D eigenvalue weighted by Gasteiger charge is 2.14. The number of carbonyl (C=O) groups excluding carboxylic acids is 1. The van der Waals surface area contributed by atoms with Crippen molar-refractivity contribution < 1.29 is 14.3 Å². The summed E-state index contributed by atoms with van der Waals surface area (Å²) in [5.41, 5.74) is 0.806. The molecule has 1 rings (SSSR count). The van der Waals surface area contributed by atoms with Crippen LogP contribution in [0.25, 0.3) is 0 Å². The second-order valence-corrected chi connectivity index (χ2v) is 4.18. The van der Waals surface area contributed by atoms with E-state index in [1.54, 1.807) is 6.07 Å². The first kappa shape index (κ1) is 13.1. The summed E-state index contributed by atoms with van der Waals surface area (Å²) in [4.78, 5) is 11.3. The Hall–Kier alpha value is -0.930. The zero-order valence-electron chi connectivity index (χ0n) is 9.04. The molecule has 1 unspecified atom stereocenters. The van der Waals surface area contributed by atoms with E-state index in [9.17, 15) is 9.18 Å². The van der Waals surface area contributed by atoms with Crippen molar-refractivity contribution in [1.82, 2.24) is 0 Å². The predicted molar refractivity (Wildman–Crippen MR) is 61.0 cm³/mol. The van der Waals surface area contributed by atoms with Crippen LogP contribution < -0.4 is 0 Å². The standard InChI is InChI=1S/C12H14ClFO2/c1-8(16)10(4-5-15)6-9-2-3-12(14)11(13)7-9/h2-3,7,10,15H,4-6H2,1H3. The van der Waals surface area contributed by atoms with Gasteiger partial charge in [-0.15, -0.1) is 0 Å². The molecule has 0 aliphatic rings. The van der Waals surface area contributed by atoms with Gasteiger partial charge < -0.3 is 5.11 Å². The number of ketones is 1. The molecule has 1 aromatic carbocycles. The van der Waals surface area contributed by atoms with Crippen LogP contribution in [-0.4, -0.2) is 17.5 Å². The molecule has 0 aliphatic heterocycles. The van der Waals surface area contributed by atoms with Crippen LogP contribution in [0.4, 0.5) is 4.39 Å². The minimum Gasteiger partial charge on any atom is -0.396 e. The van der Waals surface area contributed by atoms with Gasteiger partial charge in [0, 0.05) is 12.5 Å². The van der Waals surface area contributed by atoms with Gasteiger partial charge in [0.15, 0.2) is 0 Å². The van der Waals surface area contributed by atoms with Gasteiger partial charge in [0.25, 0.3) is 0 Å². The average molecular weight is 245 g/mol. The maximum Gasteiger partial charge on any atom is 0.141 e. The van der Waals surface area contributed by atoms with Crippen LogP contribution in [0.1, 0.15) is 18.9 Å². The zero-order chi connectivity index (χ0) is 12.1. The average Bonchev–Trinajstić information content (AvgIpc) is 2.22. The Morgan fingerprint density at radius 1 is 1.56 bits per heavy atom. The van der Waals surface area contributed by atoms with Crippen LogP contribution >= 0.6 is 11.6 Å². The Morgan fingerprint density at radius 3 is 2.75 bits per heavy atom. The summed E-state index contributed by atoms with van der Waals surface area (Å²) < 4.78 is 12.9. The van der Waals surface area contributed by atoms with Crippen molar-refractivity contribution in [1.29, 1.82) is 0 Å². The second kappa shape index (κ2) is 5.97. The molecule has 0 amide bonds. The van der Waals surface area contributed by atoms with Gasteiger partial charge in [-0.05, 0) is 37.5 Å². The van der Waals surface area contributed by atoms with Crippen LogP contribution in [0.5, 0.6) is 0 Å². The van der Waals surface area contributed by atoms with Crippen molar-refractivity contribution >= 4 is 17.4 Å². The van der Waals surface area contributed by atoms with E-state index in [1.165, 1.54) is 19.1 Å².